The second-order valence-corrected chi connectivity index (χ2v) is 5.51. The fourth-order valence-corrected chi connectivity index (χ4v) is 2.84. The van der Waals surface area contributed by atoms with Crippen molar-refractivity contribution in [1.29, 1.82) is 0 Å². The molecule has 0 aliphatic carbocycles. The fourth-order valence-electron chi connectivity index (χ4n) is 1.69. The summed E-state index contributed by atoms with van der Waals surface area (Å²) in [4.78, 5) is 5.41. The number of thiazole rings is 1. The smallest absolute Gasteiger partial charge is 0.237 e. The van der Waals surface area contributed by atoms with Gasteiger partial charge < -0.3 is 10.1 Å². The fraction of sp³-hybridized carbons (Fsp3) is 0.545. The summed E-state index contributed by atoms with van der Waals surface area (Å²) in [6.45, 7) is 1.83. The molecule has 2 rings (SSSR count). The average Bonchev–Trinajstić information content (AvgIpc) is 2.90. The van der Waals surface area contributed by atoms with E-state index < -0.39 is 0 Å². The molecule has 4 nitrogen and oxygen atoms in total. The van der Waals surface area contributed by atoms with Gasteiger partial charge >= 0.3 is 0 Å². The van der Waals surface area contributed by atoms with Gasteiger partial charge in [-0.2, -0.15) is 16.7 Å². The molecule has 0 unspecified atom stereocenters. The molecule has 0 radical (unpaired) electrons. The predicted molar refractivity (Wildman–Crippen MR) is 74.3 cm³/mol. The number of nitrogens with one attached hydrogen (secondary N) is 1. The summed E-state index contributed by atoms with van der Waals surface area (Å²) in [5, 5.41) is 5.47. The normalized spacial score (nSPS) is 11.2. The second kappa shape index (κ2) is 6.28. The Morgan fingerprint density at radius 3 is 3.24 bits per heavy atom. The van der Waals surface area contributed by atoms with Crippen LogP contribution in [0.4, 0.5) is 0 Å². The van der Waals surface area contributed by atoms with Crippen LogP contribution in [0.15, 0.2) is 11.6 Å². The number of hydrogen-bond acceptors (Lipinski definition) is 5. The summed E-state index contributed by atoms with van der Waals surface area (Å²) in [5.41, 5.74) is 1.10. The van der Waals surface area contributed by atoms with Gasteiger partial charge in [-0.25, -0.2) is 0 Å². The number of rotatable bonds is 7. The van der Waals surface area contributed by atoms with Crippen molar-refractivity contribution in [2.75, 3.05) is 25.7 Å². The first-order valence-electron chi connectivity index (χ1n) is 5.55. The van der Waals surface area contributed by atoms with E-state index in [2.05, 4.69) is 21.0 Å². The van der Waals surface area contributed by atoms with E-state index in [0.29, 0.717) is 0 Å². The molecule has 0 aromatic carbocycles. The number of thioether (sulfide) groups is 1. The maximum Gasteiger partial charge on any atom is 0.237 e. The lowest BCUT2D eigenvalue weighted by atomic mass is 10.4. The van der Waals surface area contributed by atoms with Crippen molar-refractivity contribution < 1.29 is 4.74 Å². The number of imidazole rings is 1. The molecule has 0 atom stereocenters. The van der Waals surface area contributed by atoms with Crippen LogP contribution in [0.25, 0.3) is 4.96 Å². The maximum absolute atomic E-state index is 5.30. The van der Waals surface area contributed by atoms with Crippen molar-refractivity contribution in [2.24, 2.45) is 0 Å². The Morgan fingerprint density at radius 1 is 1.59 bits per heavy atom. The molecule has 2 aromatic heterocycles. The Kier molecular flexibility index (Phi) is 4.70. The molecule has 2 aromatic rings. The van der Waals surface area contributed by atoms with Gasteiger partial charge in [0.2, 0.25) is 5.88 Å². The highest BCUT2D eigenvalue weighted by Crippen LogP contribution is 2.22. The van der Waals surface area contributed by atoms with E-state index in [-0.39, 0.29) is 0 Å². The highest BCUT2D eigenvalue weighted by molar-refractivity contribution is 7.98. The Balaban J connectivity index is 1.98. The van der Waals surface area contributed by atoms with E-state index >= 15 is 0 Å². The molecular weight excluding hydrogens is 254 g/mol. The third-order valence-electron chi connectivity index (χ3n) is 2.51. The van der Waals surface area contributed by atoms with E-state index in [9.17, 15) is 0 Å². The molecule has 0 amide bonds. The first kappa shape index (κ1) is 12.7. The molecule has 0 fully saturated rings. The van der Waals surface area contributed by atoms with E-state index in [1.54, 1.807) is 18.4 Å². The van der Waals surface area contributed by atoms with Crippen molar-refractivity contribution in [2.45, 2.75) is 13.0 Å². The number of aromatic nitrogens is 2. The van der Waals surface area contributed by atoms with Crippen LogP contribution >= 0.6 is 23.1 Å². The molecule has 6 heteroatoms. The molecule has 94 valence electrons. The highest BCUT2D eigenvalue weighted by atomic mass is 32.2. The lowest BCUT2D eigenvalue weighted by Crippen LogP contribution is -2.16. The van der Waals surface area contributed by atoms with Gasteiger partial charge in [-0.15, -0.1) is 11.3 Å². The number of fused-ring (bicyclic) bond motifs is 1. The Labute approximate surface area is 109 Å². The molecule has 0 aliphatic heterocycles. The number of hydrogen-bond donors (Lipinski definition) is 1. The highest BCUT2D eigenvalue weighted by Gasteiger charge is 2.12. The summed E-state index contributed by atoms with van der Waals surface area (Å²) in [5.74, 6) is 1.93. The molecule has 2 heterocycles. The van der Waals surface area contributed by atoms with Crippen molar-refractivity contribution in [3.05, 3.63) is 17.3 Å². The SMILES string of the molecule is COc1nc2sccn2c1CNCCCSC. The van der Waals surface area contributed by atoms with E-state index in [1.165, 1.54) is 12.2 Å². The largest absolute Gasteiger partial charge is 0.480 e. The molecule has 0 aliphatic rings. The lowest BCUT2D eigenvalue weighted by molar-refractivity contribution is 0.393. The third-order valence-corrected chi connectivity index (χ3v) is 3.97. The zero-order valence-corrected chi connectivity index (χ0v) is 11.7. The minimum atomic E-state index is 0.731. The van der Waals surface area contributed by atoms with Gasteiger partial charge in [-0.3, -0.25) is 4.40 Å². The zero-order chi connectivity index (χ0) is 12.1. The Hall–Kier alpha value is -0.720. The van der Waals surface area contributed by atoms with E-state index in [1.807, 2.05) is 23.3 Å². The molecule has 0 bridgehead atoms. The maximum atomic E-state index is 5.30. The van der Waals surface area contributed by atoms with Crippen molar-refractivity contribution in [1.82, 2.24) is 14.7 Å². The molecular formula is C11H17N3OS2. The molecule has 0 saturated heterocycles. The van der Waals surface area contributed by atoms with Gasteiger partial charge in [0.15, 0.2) is 4.96 Å². The summed E-state index contributed by atoms with van der Waals surface area (Å²) >= 11 is 3.51. The second-order valence-electron chi connectivity index (χ2n) is 3.65. The number of ether oxygens (including phenoxy) is 1. The number of nitrogens with zero attached hydrogens (tertiary/aromatic N) is 2. The summed E-state index contributed by atoms with van der Waals surface area (Å²) in [6, 6.07) is 0. The molecule has 0 spiro atoms. The first-order chi connectivity index (χ1) is 8.36. The first-order valence-corrected chi connectivity index (χ1v) is 7.82. The number of methoxy groups -OCH3 is 1. The van der Waals surface area contributed by atoms with Crippen LogP contribution in [0, 0.1) is 0 Å². The van der Waals surface area contributed by atoms with Gasteiger partial charge in [-0.05, 0) is 25.0 Å². The standard InChI is InChI=1S/C11H17N3OS2/c1-15-10-9(8-12-4-3-6-16-2)14-5-7-17-11(14)13-10/h5,7,12H,3-4,6,8H2,1-2H3. The molecule has 1 N–H and O–H groups in total. The zero-order valence-electron chi connectivity index (χ0n) is 10.1. The van der Waals surface area contributed by atoms with Crippen molar-refractivity contribution >= 4 is 28.1 Å². The van der Waals surface area contributed by atoms with Gasteiger partial charge in [-0.1, -0.05) is 0 Å². The Morgan fingerprint density at radius 2 is 2.47 bits per heavy atom. The third kappa shape index (κ3) is 2.94. The van der Waals surface area contributed by atoms with Crippen LogP contribution < -0.4 is 10.1 Å². The van der Waals surface area contributed by atoms with E-state index in [0.717, 1.165) is 29.6 Å². The topological polar surface area (TPSA) is 38.6 Å². The van der Waals surface area contributed by atoms with Gasteiger partial charge in [0.05, 0.1) is 7.11 Å². The lowest BCUT2D eigenvalue weighted by Gasteiger charge is -2.05. The van der Waals surface area contributed by atoms with E-state index in [4.69, 9.17) is 4.74 Å². The minimum Gasteiger partial charge on any atom is -0.480 e. The summed E-state index contributed by atoms with van der Waals surface area (Å²) in [6.07, 6.45) is 5.36. The quantitative estimate of drug-likeness (QED) is 0.784. The van der Waals surface area contributed by atoms with Gasteiger partial charge in [0.1, 0.15) is 5.69 Å². The average molecular weight is 271 g/mol. The summed E-state index contributed by atoms with van der Waals surface area (Å²) in [7, 11) is 1.67. The van der Waals surface area contributed by atoms with Crippen LogP contribution in [-0.2, 0) is 6.54 Å². The minimum absolute atomic E-state index is 0.731. The van der Waals surface area contributed by atoms with Crippen LogP contribution in [0.5, 0.6) is 5.88 Å². The molecule has 17 heavy (non-hydrogen) atoms. The van der Waals surface area contributed by atoms with Crippen LogP contribution in [-0.4, -0.2) is 35.0 Å². The van der Waals surface area contributed by atoms with Crippen LogP contribution in [0.3, 0.4) is 0 Å². The predicted octanol–water partition coefficient (Wildman–Crippen LogP) is 2.25. The monoisotopic (exact) mass is 271 g/mol. The van der Waals surface area contributed by atoms with Gasteiger partial charge in [0, 0.05) is 18.1 Å². The van der Waals surface area contributed by atoms with Crippen LogP contribution in [0.1, 0.15) is 12.1 Å². The Bertz CT molecular complexity index is 466. The van der Waals surface area contributed by atoms with Crippen molar-refractivity contribution in [3.63, 3.8) is 0 Å². The van der Waals surface area contributed by atoms with Gasteiger partial charge in [0.25, 0.3) is 0 Å². The molecule has 0 saturated carbocycles. The van der Waals surface area contributed by atoms with Crippen LogP contribution in [0.2, 0.25) is 0 Å². The van der Waals surface area contributed by atoms with Crippen molar-refractivity contribution in [3.8, 4) is 5.88 Å². The summed E-state index contributed by atoms with van der Waals surface area (Å²) < 4.78 is 7.39.